The van der Waals surface area contributed by atoms with Crippen molar-refractivity contribution in [1.29, 1.82) is 0 Å². The molecule has 0 radical (unpaired) electrons. The molecule has 20 heavy (non-hydrogen) atoms. The summed E-state index contributed by atoms with van der Waals surface area (Å²) in [6.07, 6.45) is 1.60. The van der Waals surface area contributed by atoms with E-state index in [0.29, 0.717) is 6.61 Å². The van der Waals surface area contributed by atoms with Crippen molar-refractivity contribution in [2.24, 2.45) is 0 Å². The van der Waals surface area contributed by atoms with Crippen LogP contribution in [0.15, 0.2) is 18.2 Å². The van der Waals surface area contributed by atoms with Crippen LogP contribution in [0, 0.1) is 15.9 Å². The molecule has 7 heteroatoms. The molecule has 1 N–H and O–H groups in total. The molecule has 0 saturated heterocycles. The van der Waals surface area contributed by atoms with Crippen molar-refractivity contribution in [2.75, 3.05) is 13.7 Å². The fraction of sp³-hybridized carbons (Fsp3) is 0.462. The summed E-state index contributed by atoms with van der Waals surface area (Å²) < 4.78 is 18.4. The predicted molar refractivity (Wildman–Crippen MR) is 71.1 cm³/mol. The smallest absolute Gasteiger partial charge is 0.304 e. The van der Waals surface area contributed by atoms with Crippen molar-refractivity contribution < 1.29 is 18.8 Å². The largest absolute Gasteiger partial charge is 0.383 e. The number of hydrogen-bond donors (Lipinski definition) is 1. The third-order valence-corrected chi connectivity index (χ3v) is 2.75. The van der Waals surface area contributed by atoms with Crippen molar-refractivity contribution in [1.82, 2.24) is 5.32 Å². The summed E-state index contributed by atoms with van der Waals surface area (Å²) in [5.41, 5.74) is -0.603. The molecule has 6 nitrogen and oxygen atoms in total. The van der Waals surface area contributed by atoms with E-state index in [9.17, 15) is 19.3 Å². The lowest BCUT2D eigenvalue weighted by molar-refractivity contribution is -0.387. The third-order valence-electron chi connectivity index (χ3n) is 2.75. The van der Waals surface area contributed by atoms with Crippen LogP contribution in [0.4, 0.5) is 10.1 Å². The SMILES string of the molecule is CCCC(COC)NC(=O)c1ccc([N+](=O)[O-])c(F)c1. The molecule has 1 rings (SSSR count). The number of nitro groups is 1. The lowest BCUT2D eigenvalue weighted by Crippen LogP contribution is -2.37. The van der Waals surface area contributed by atoms with Crippen molar-refractivity contribution in [3.63, 3.8) is 0 Å². The summed E-state index contributed by atoms with van der Waals surface area (Å²) >= 11 is 0. The van der Waals surface area contributed by atoms with Crippen LogP contribution in [0.1, 0.15) is 30.1 Å². The summed E-state index contributed by atoms with van der Waals surface area (Å²) in [5, 5.41) is 13.2. The van der Waals surface area contributed by atoms with Crippen LogP contribution in [0.25, 0.3) is 0 Å². The molecule has 110 valence electrons. The Bertz CT molecular complexity index is 487. The van der Waals surface area contributed by atoms with Gasteiger partial charge in [0.1, 0.15) is 0 Å². The summed E-state index contributed by atoms with van der Waals surface area (Å²) in [4.78, 5) is 21.6. The number of hydrogen-bond acceptors (Lipinski definition) is 4. The lowest BCUT2D eigenvalue weighted by Gasteiger charge is -2.17. The van der Waals surface area contributed by atoms with E-state index in [-0.39, 0.29) is 11.6 Å². The quantitative estimate of drug-likeness (QED) is 0.615. The molecule has 0 fully saturated rings. The Hall–Kier alpha value is -2.02. The van der Waals surface area contributed by atoms with Gasteiger partial charge in [-0.2, -0.15) is 4.39 Å². The molecule has 1 amide bonds. The minimum atomic E-state index is -1.03. The second-order valence-electron chi connectivity index (χ2n) is 4.34. The first-order valence-electron chi connectivity index (χ1n) is 6.23. The average Bonchev–Trinajstić information content (AvgIpc) is 2.38. The number of benzene rings is 1. The fourth-order valence-corrected chi connectivity index (χ4v) is 1.81. The van der Waals surface area contributed by atoms with Gasteiger partial charge >= 0.3 is 5.69 Å². The predicted octanol–water partition coefficient (Wildman–Crippen LogP) is 2.28. The van der Waals surface area contributed by atoms with Crippen molar-refractivity contribution in [2.45, 2.75) is 25.8 Å². The first kappa shape index (κ1) is 16.0. The van der Waals surface area contributed by atoms with Gasteiger partial charge in [-0.05, 0) is 18.6 Å². The number of carbonyl (C=O) groups excluding carboxylic acids is 1. The molecule has 1 unspecified atom stereocenters. The van der Waals surface area contributed by atoms with Gasteiger partial charge in [0.25, 0.3) is 5.91 Å². The van der Waals surface area contributed by atoms with E-state index >= 15 is 0 Å². The van der Waals surface area contributed by atoms with Crippen LogP contribution in [-0.4, -0.2) is 30.6 Å². The number of amides is 1. The Morgan fingerprint density at radius 2 is 2.25 bits per heavy atom. The molecule has 0 saturated carbocycles. The van der Waals surface area contributed by atoms with Gasteiger partial charge in [-0.3, -0.25) is 14.9 Å². The normalized spacial score (nSPS) is 11.9. The maximum atomic E-state index is 13.4. The Morgan fingerprint density at radius 3 is 2.75 bits per heavy atom. The van der Waals surface area contributed by atoms with E-state index in [1.54, 1.807) is 0 Å². The Kier molecular flexibility index (Phi) is 6.05. The summed E-state index contributed by atoms with van der Waals surface area (Å²) in [5.74, 6) is -1.50. The van der Waals surface area contributed by atoms with Crippen LogP contribution >= 0.6 is 0 Å². The molecule has 0 spiro atoms. The minimum Gasteiger partial charge on any atom is -0.383 e. The van der Waals surface area contributed by atoms with Gasteiger partial charge in [-0.1, -0.05) is 13.3 Å². The lowest BCUT2D eigenvalue weighted by atomic mass is 10.1. The topological polar surface area (TPSA) is 81.5 Å². The monoisotopic (exact) mass is 284 g/mol. The van der Waals surface area contributed by atoms with Crippen LogP contribution in [0.2, 0.25) is 0 Å². The van der Waals surface area contributed by atoms with E-state index in [0.717, 1.165) is 25.0 Å². The van der Waals surface area contributed by atoms with Gasteiger partial charge in [0.05, 0.1) is 17.6 Å². The van der Waals surface area contributed by atoms with E-state index in [2.05, 4.69) is 5.32 Å². The Morgan fingerprint density at radius 1 is 1.55 bits per heavy atom. The van der Waals surface area contributed by atoms with Crippen molar-refractivity contribution in [3.8, 4) is 0 Å². The zero-order chi connectivity index (χ0) is 15.1. The third kappa shape index (κ3) is 4.27. The summed E-state index contributed by atoms with van der Waals surface area (Å²) in [6, 6.07) is 2.90. The fourth-order valence-electron chi connectivity index (χ4n) is 1.81. The molecule has 1 aromatic carbocycles. The second kappa shape index (κ2) is 7.54. The molecule has 1 atom stereocenters. The molecule has 1 aromatic rings. The van der Waals surface area contributed by atoms with Crippen LogP contribution < -0.4 is 5.32 Å². The highest BCUT2D eigenvalue weighted by molar-refractivity contribution is 5.94. The molecule has 0 aliphatic heterocycles. The zero-order valence-electron chi connectivity index (χ0n) is 11.4. The van der Waals surface area contributed by atoms with Gasteiger partial charge in [-0.15, -0.1) is 0 Å². The highest BCUT2D eigenvalue weighted by Gasteiger charge is 2.18. The number of halogens is 1. The minimum absolute atomic E-state index is 0.0466. The van der Waals surface area contributed by atoms with Crippen LogP contribution in [0.5, 0.6) is 0 Å². The average molecular weight is 284 g/mol. The van der Waals surface area contributed by atoms with E-state index in [1.807, 2.05) is 6.92 Å². The molecule has 0 aliphatic rings. The van der Waals surface area contributed by atoms with Crippen LogP contribution in [0.3, 0.4) is 0 Å². The summed E-state index contributed by atoms with van der Waals surface area (Å²) in [7, 11) is 1.53. The molecule has 0 bridgehead atoms. The Balaban J connectivity index is 2.81. The first-order chi connectivity index (χ1) is 9.49. The number of methoxy groups -OCH3 is 1. The standard InChI is InChI=1S/C13H17FN2O4/c1-3-4-10(8-20-2)15-13(17)9-5-6-12(16(18)19)11(14)7-9/h5-7,10H,3-4,8H2,1-2H3,(H,15,17). The first-order valence-corrected chi connectivity index (χ1v) is 6.23. The van der Waals surface area contributed by atoms with Gasteiger partial charge in [-0.25, -0.2) is 0 Å². The molecule has 0 heterocycles. The number of ether oxygens (including phenoxy) is 1. The zero-order valence-corrected chi connectivity index (χ0v) is 11.4. The van der Waals surface area contributed by atoms with E-state index < -0.39 is 22.3 Å². The maximum Gasteiger partial charge on any atom is 0.304 e. The van der Waals surface area contributed by atoms with Gasteiger partial charge in [0.15, 0.2) is 0 Å². The van der Waals surface area contributed by atoms with Crippen molar-refractivity contribution in [3.05, 3.63) is 39.7 Å². The molecule has 0 aliphatic carbocycles. The number of nitro benzene ring substituents is 1. The highest BCUT2D eigenvalue weighted by Crippen LogP contribution is 2.18. The van der Waals surface area contributed by atoms with E-state index in [1.165, 1.54) is 13.2 Å². The number of nitrogens with zero attached hydrogens (tertiary/aromatic N) is 1. The second-order valence-corrected chi connectivity index (χ2v) is 4.34. The van der Waals surface area contributed by atoms with Crippen molar-refractivity contribution >= 4 is 11.6 Å². The molecular weight excluding hydrogens is 267 g/mol. The highest BCUT2D eigenvalue weighted by atomic mass is 19.1. The molecular formula is C13H17FN2O4. The van der Waals surface area contributed by atoms with Gasteiger partial charge in [0, 0.05) is 18.7 Å². The van der Waals surface area contributed by atoms with Gasteiger partial charge < -0.3 is 10.1 Å². The number of nitrogens with one attached hydrogen (secondary N) is 1. The van der Waals surface area contributed by atoms with Crippen LogP contribution in [-0.2, 0) is 4.74 Å². The van der Waals surface area contributed by atoms with E-state index in [4.69, 9.17) is 4.74 Å². The summed E-state index contributed by atoms with van der Waals surface area (Å²) in [6.45, 7) is 2.33. The molecule has 0 aromatic heterocycles. The number of rotatable bonds is 7. The maximum absolute atomic E-state index is 13.4. The Labute approximate surface area is 116 Å². The number of carbonyl (C=O) groups is 1. The van der Waals surface area contributed by atoms with Gasteiger partial charge in [0.2, 0.25) is 5.82 Å².